The van der Waals surface area contributed by atoms with Crippen LogP contribution in [-0.2, 0) is 20.7 Å². The zero-order valence-corrected chi connectivity index (χ0v) is 15.5. The van der Waals surface area contributed by atoms with Crippen LogP contribution in [0, 0.1) is 5.92 Å². The van der Waals surface area contributed by atoms with Gasteiger partial charge in [-0.05, 0) is 42.9 Å². The third-order valence-corrected chi connectivity index (χ3v) is 4.64. The number of hydrogen-bond acceptors (Lipinski definition) is 4. The zero-order valence-electron chi connectivity index (χ0n) is 15.5. The number of carbonyl (C=O) groups excluding carboxylic acids is 2. The Balaban J connectivity index is 1.45. The van der Waals surface area contributed by atoms with Crippen molar-refractivity contribution in [3.05, 3.63) is 65.7 Å². The summed E-state index contributed by atoms with van der Waals surface area (Å²) < 4.78 is 10.6. The van der Waals surface area contributed by atoms with Crippen molar-refractivity contribution in [1.29, 1.82) is 0 Å². The van der Waals surface area contributed by atoms with E-state index in [1.807, 2.05) is 61.5 Å². The lowest BCUT2D eigenvalue weighted by molar-refractivity contribution is -0.150. The van der Waals surface area contributed by atoms with Crippen LogP contribution in [0.2, 0.25) is 0 Å². The normalized spacial score (nSPS) is 14.3. The molecular weight excluding hydrogens is 342 g/mol. The zero-order chi connectivity index (χ0) is 19.1. The summed E-state index contributed by atoms with van der Waals surface area (Å²) in [6, 6.07) is 17.8. The first kappa shape index (κ1) is 19.0. The highest BCUT2D eigenvalue weighted by Gasteiger charge is 2.28. The third-order valence-electron chi connectivity index (χ3n) is 4.64. The molecule has 0 unspecified atom stereocenters. The van der Waals surface area contributed by atoms with Crippen LogP contribution in [0.4, 0.5) is 0 Å². The Hall–Kier alpha value is -2.82. The van der Waals surface area contributed by atoms with Crippen molar-refractivity contribution in [3.63, 3.8) is 0 Å². The lowest BCUT2D eigenvalue weighted by Crippen LogP contribution is -2.37. The number of para-hydroxylation sites is 1. The van der Waals surface area contributed by atoms with Gasteiger partial charge in [0.05, 0.1) is 0 Å². The maximum atomic E-state index is 11.9. The van der Waals surface area contributed by atoms with Gasteiger partial charge in [-0.3, -0.25) is 4.79 Å². The summed E-state index contributed by atoms with van der Waals surface area (Å²) in [4.78, 5) is 23.7. The number of hydrogen-bond donors (Lipinski definition) is 1. The number of nitrogens with one attached hydrogen (secondary N) is 1. The molecule has 5 nitrogen and oxygen atoms in total. The first-order valence-electron chi connectivity index (χ1n) is 9.31. The molecular formula is C22H25NO4. The van der Waals surface area contributed by atoms with Gasteiger partial charge in [0.2, 0.25) is 0 Å². The Morgan fingerprint density at radius 3 is 2.48 bits per heavy atom. The number of ether oxygens (including phenoxy) is 2. The van der Waals surface area contributed by atoms with Crippen LogP contribution < -0.4 is 10.1 Å². The molecule has 0 bridgehead atoms. The quantitative estimate of drug-likeness (QED) is 0.692. The second kappa shape index (κ2) is 9.21. The molecule has 2 aromatic carbocycles. The Morgan fingerprint density at radius 2 is 1.74 bits per heavy atom. The van der Waals surface area contributed by atoms with Gasteiger partial charge in [0, 0.05) is 12.5 Å². The molecule has 0 aromatic heterocycles. The van der Waals surface area contributed by atoms with Crippen LogP contribution in [-0.4, -0.2) is 31.1 Å². The van der Waals surface area contributed by atoms with Gasteiger partial charge in [-0.15, -0.1) is 0 Å². The van der Waals surface area contributed by atoms with Crippen LogP contribution in [0.3, 0.4) is 0 Å². The number of amides is 1. The first-order chi connectivity index (χ1) is 13.1. The number of esters is 1. The summed E-state index contributed by atoms with van der Waals surface area (Å²) in [5.74, 6) is 0.380. The van der Waals surface area contributed by atoms with Crippen molar-refractivity contribution < 1.29 is 19.1 Å². The second-order valence-corrected chi connectivity index (χ2v) is 6.91. The van der Waals surface area contributed by atoms with Crippen LogP contribution >= 0.6 is 0 Å². The molecule has 0 spiro atoms. The van der Waals surface area contributed by atoms with Gasteiger partial charge in [0.15, 0.2) is 13.2 Å². The topological polar surface area (TPSA) is 64.6 Å². The van der Waals surface area contributed by atoms with Crippen LogP contribution in [0.15, 0.2) is 54.6 Å². The van der Waals surface area contributed by atoms with E-state index in [0.717, 1.165) is 24.0 Å². The Morgan fingerprint density at radius 1 is 1.04 bits per heavy atom. The summed E-state index contributed by atoms with van der Waals surface area (Å²) in [7, 11) is 0. The molecule has 5 heteroatoms. The molecule has 142 valence electrons. The van der Waals surface area contributed by atoms with E-state index in [-0.39, 0.29) is 25.2 Å². The molecule has 0 aliphatic heterocycles. The van der Waals surface area contributed by atoms with E-state index in [1.165, 1.54) is 0 Å². The predicted octanol–water partition coefficient (Wildman–Crippen LogP) is 3.11. The minimum atomic E-state index is -0.557. The minimum Gasteiger partial charge on any atom is -0.482 e. The number of carbonyl (C=O) groups is 2. The van der Waals surface area contributed by atoms with E-state index in [2.05, 4.69) is 5.32 Å². The Labute approximate surface area is 159 Å². The average molecular weight is 367 g/mol. The summed E-state index contributed by atoms with van der Waals surface area (Å²) in [6.07, 6.45) is 3.02. The van der Waals surface area contributed by atoms with Crippen molar-refractivity contribution in [3.8, 4) is 5.75 Å². The van der Waals surface area contributed by atoms with Gasteiger partial charge in [0.25, 0.3) is 5.91 Å². The van der Waals surface area contributed by atoms with E-state index in [4.69, 9.17) is 9.47 Å². The van der Waals surface area contributed by atoms with E-state index in [9.17, 15) is 9.59 Å². The molecule has 1 saturated carbocycles. The van der Waals surface area contributed by atoms with E-state index in [1.54, 1.807) is 0 Å². The van der Waals surface area contributed by atoms with Gasteiger partial charge < -0.3 is 14.8 Å². The summed E-state index contributed by atoms with van der Waals surface area (Å²) >= 11 is 0. The van der Waals surface area contributed by atoms with Gasteiger partial charge >= 0.3 is 5.97 Å². The number of rotatable bonds is 9. The maximum absolute atomic E-state index is 11.9. The highest BCUT2D eigenvalue weighted by atomic mass is 16.6. The smallest absolute Gasteiger partial charge is 0.344 e. The molecule has 0 heterocycles. The van der Waals surface area contributed by atoms with Crippen molar-refractivity contribution in [2.45, 2.75) is 32.2 Å². The van der Waals surface area contributed by atoms with Crippen LogP contribution in [0.5, 0.6) is 5.75 Å². The molecule has 1 amide bonds. The Bertz CT molecular complexity index is 771. The summed E-state index contributed by atoms with van der Waals surface area (Å²) in [5, 5.41) is 2.85. The molecule has 0 saturated heterocycles. The molecule has 1 aliphatic carbocycles. The third kappa shape index (κ3) is 6.13. The second-order valence-electron chi connectivity index (χ2n) is 6.91. The lowest BCUT2D eigenvalue weighted by Gasteiger charge is -2.13. The van der Waals surface area contributed by atoms with Crippen LogP contribution in [0.1, 0.15) is 30.9 Å². The van der Waals surface area contributed by atoms with Gasteiger partial charge in [-0.1, -0.05) is 48.5 Å². The van der Waals surface area contributed by atoms with Crippen molar-refractivity contribution in [2.75, 3.05) is 13.2 Å². The van der Waals surface area contributed by atoms with E-state index >= 15 is 0 Å². The largest absolute Gasteiger partial charge is 0.482 e. The minimum absolute atomic E-state index is 0.136. The molecule has 27 heavy (non-hydrogen) atoms. The molecule has 1 aliphatic rings. The fraction of sp³-hybridized carbons (Fsp3) is 0.364. The van der Waals surface area contributed by atoms with E-state index < -0.39 is 5.97 Å². The van der Waals surface area contributed by atoms with Crippen LogP contribution in [0.25, 0.3) is 0 Å². The molecule has 1 fully saturated rings. The fourth-order valence-corrected chi connectivity index (χ4v) is 2.94. The maximum Gasteiger partial charge on any atom is 0.344 e. The van der Waals surface area contributed by atoms with Gasteiger partial charge in [0.1, 0.15) is 5.75 Å². The Kier molecular flexibility index (Phi) is 6.47. The summed E-state index contributed by atoms with van der Waals surface area (Å²) in [6.45, 7) is 1.48. The highest BCUT2D eigenvalue weighted by Crippen LogP contribution is 2.32. The SMILES string of the molecule is C[C@@H](NC(=O)COC(=O)COc1ccccc1Cc1ccccc1)C1CC1. The summed E-state index contributed by atoms with van der Waals surface area (Å²) in [5.41, 5.74) is 2.16. The van der Waals surface area contributed by atoms with Gasteiger partial charge in [-0.2, -0.15) is 0 Å². The van der Waals surface area contributed by atoms with E-state index in [0.29, 0.717) is 18.1 Å². The number of benzene rings is 2. The molecule has 0 radical (unpaired) electrons. The first-order valence-corrected chi connectivity index (χ1v) is 9.31. The highest BCUT2D eigenvalue weighted by molar-refractivity contribution is 5.81. The molecule has 3 rings (SSSR count). The standard InChI is InChI=1S/C22H25NO4/c1-16(18-11-12-18)23-21(24)14-27-22(25)15-26-20-10-6-5-9-19(20)13-17-7-3-2-4-8-17/h2-10,16,18H,11-15H2,1H3,(H,23,24)/t16-/m1/s1. The molecule has 1 atom stereocenters. The van der Waals surface area contributed by atoms with Crippen molar-refractivity contribution in [1.82, 2.24) is 5.32 Å². The lowest BCUT2D eigenvalue weighted by atomic mass is 10.0. The molecule has 1 N–H and O–H groups in total. The average Bonchev–Trinajstić information content (AvgIpc) is 3.52. The van der Waals surface area contributed by atoms with Gasteiger partial charge in [-0.25, -0.2) is 4.79 Å². The monoisotopic (exact) mass is 367 g/mol. The predicted molar refractivity (Wildman–Crippen MR) is 102 cm³/mol. The molecule has 2 aromatic rings. The fourth-order valence-electron chi connectivity index (χ4n) is 2.94. The van der Waals surface area contributed by atoms with Crippen molar-refractivity contribution in [2.24, 2.45) is 5.92 Å². The van der Waals surface area contributed by atoms with Crippen molar-refractivity contribution >= 4 is 11.9 Å².